The molecule has 0 saturated heterocycles. The van der Waals surface area contributed by atoms with Gasteiger partial charge in [0.05, 0.1) is 5.69 Å². The highest BCUT2D eigenvalue weighted by molar-refractivity contribution is 5.38. The van der Waals surface area contributed by atoms with Gasteiger partial charge in [-0.15, -0.1) is 0 Å². The van der Waals surface area contributed by atoms with Crippen molar-refractivity contribution in [3.05, 3.63) is 42.7 Å². The Balaban J connectivity index is 2.41. The SMILES string of the molecule is OOc1cccc(-n2cccn2)c1. The number of rotatable bonds is 2. The van der Waals surface area contributed by atoms with Crippen LogP contribution < -0.4 is 4.89 Å². The van der Waals surface area contributed by atoms with Crippen LogP contribution in [0.15, 0.2) is 42.7 Å². The number of benzene rings is 1. The molecule has 0 fully saturated rings. The summed E-state index contributed by atoms with van der Waals surface area (Å²) in [6, 6.07) is 8.82. The molecule has 1 aromatic heterocycles. The Bertz CT molecular complexity index is 384. The minimum absolute atomic E-state index is 0.396. The van der Waals surface area contributed by atoms with Gasteiger partial charge >= 0.3 is 0 Å². The van der Waals surface area contributed by atoms with E-state index in [-0.39, 0.29) is 0 Å². The highest BCUT2D eigenvalue weighted by Crippen LogP contribution is 2.14. The summed E-state index contributed by atoms with van der Waals surface area (Å²) in [5.41, 5.74) is 0.844. The van der Waals surface area contributed by atoms with Gasteiger partial charge in [0.1, 0.15) is 0 Å². The van der Waals surface area contributed by atoms with E-state index in [2.05, 4.69) is 9.99 Å². The topological polar surface area (TPSA) is 47.3 Å². The highest BCUT2D eigenvalue weighted by Gasteiger charge is 1.97. The van der Waals surface area contributed by atoms with Crippen LogP contribution in [0.25, 0.3) is 5.69 Å². The molecule has 66 valence electrons. The van der Waals surface area contributed by atoms with E-state index in [1.165, 1.54) is 0 Å². The summed E-state index contributed by atoms with van der Waals surface area (Å²) in [5.74, 6) is 0.396. The molecule has 0 aliphatic carbocycles. The quantitative estimate of drug-likeness (QED) is 0.559. The van der Waals surface area contributed by atoms with Crippen LogP contribution in [0.1, 0.15) is 0 Å². The lowest BCUT2D eigenvalue weighted by Gasteiger charge is -2.01. The molecular formula is C9H8N2O2. The fourth-order valence-electron chi connectivity index (χ4n) is 1.10. The first kappa shape index (κ1) is 7.82. The maximum absolute atomic E-state index is 8.43. The standard InChI is InChI=1S/C9H8N2O2/c12-13-9-4-1-3-8(7-9)11-6-2-5-10-11/h1-7,12H. The molecule has 0 atom stereocenters. The molecule has 2 rings (SSSR count). The van der Waals surface area contributed by atoms with Crippen LogP contribution in [0, 0.1) is 0 Å². The summed E-state index contributed by atoms with van der Waals surface area (Å²) in [7, 11) is 0. The van der Waals surface area contributed by atoms with Crippen LogP contribution in [-0.4, -0.2) is 15.0 Å². The van der Waals surface area contributed by atoms with E-state index in [4.69, 9.17) is 5.26 Å². The summed E-state index contributed by atoms with van der Waals surface area (Å²) in [5, 5.41) is 12.5. The lowest BCUT2D eigenvalue weighted by atomic mass is 10.3. The van der Waals surface area contributed by atoms with Crippen molar-refractivity contribution in [2.75, 3.05) is 0 Å². The van der Waals surface area contributed by atoms with E-state index < -0.39 is 0 Å². The number of aromatic nitrogens is 2. The average Bonchev–Trinajstić information content (AvgIpc) is 2.71. The smallest absolute Gasteiger partial charge is 0.167 e. The van der Waals surface area contributed by atoms with Gasteiger partial charge in [-0.2, -0.15) is 5.10 Å². The monoisotopic (exact) mass is 176 g/mol. The largest absolute Gasteiger partial charge is 0.340 e. The number of hydrogen-bond acceptors (Lipinski definition) is 3. The van der Waals surface area contributed by atoms with E-state index >= 15 is 0 Å². The first-order chi connectivity index (χ1) is 6.40. The molecule has 1 N–H and O–H groups in total. The first-order valence-corrected chi connectivity index (χ1v) is 3.81. The maximum atomic E-state index is 8.43. The summed E-state index contributed by atoms with van der Waals surface area (Å²) in [6.45, 7) is 0. The third-order valence-corrected chi connectivity index (χ3v) is 1.69. The van der Waals surface area contributed by atoms with Crippen molar-refractivity contribution in [1.82, 2.24) is 9.78 Å². The van der Waals surface area contributed by atoms with Crippen molar-refractivity contribution in [2.24, 2.45) is 0 Å². The van der Waals surface area contributed by atoms with Crippen LogP contribution in [0.2, 0.25) is 0 Å². The van der Waals surface area contributed by atoms with E-state index in [0.29, 0.717) is 5.75 Å². The van der Waals surface area contributed by atoms with E-state index in [9.17, 15) is 0 Å². The zero-order chi connectivity index (χ0) is 9.10. The van der Waals surface area contributed by atoms with Crippen LogP contribution in [-0.2, 0) is 0 Å². The van der Waals surface area contributed by atoms with Crippen LogP contribution in [0.3, 0.4) is 0 Å². The lowest BCUT2D eigenvalue weighted by molar-refractivity contribution is -0.137. The van der Waals surface area contributed by atoms with E-state index in [1.54, 1.807) is 29.1 Å². The Hall–Kier alpha value is -1.81. The molecule has 0 spiro atoms. The highest BCUT2D eigenvalue weighted by atomic mass is 17.1. The Kier molecular flexibility index (Phi) is 1.97. The normalized spacial score (nSPS) is 9.92. The van der Waals surface area contributed by atoms with Crippen molar-refractivity contribution in [1.29, 1.82) is 0 Å². The third kappa shape index (κ3) is 1.52. The summed E-state index contributed by atoms with van der Waals surface area (Å²) >= 11 is 0. The molecule has 0 saturated carbocycles. The Morgan fingerprint density at radius 2 is 2.23 bits per heavy atom. The predicted octanol–water partition coefficient (Wildman–Crippen LogP) is 1.72. The molecule has 1 heterocycles. The molecule has 0 unspecified atom stereocenters. The molecule has 1 aromatic carbocycles. The molecule has 0 radical (unpaired) electrons. The minimum Gasteiger partial charge on any atom is -0.340 e. The second-order valence-electron chi connectivity index (χ2n) is 2.54. The number of hydrogen-bond donors (Lipinski definition) is 1. The first-order valence-electron chi connectivity index (χ1n) is 3.81. The zero-order valence-corrected chi connectivity index (χ0v) is 6.79. The van der Waals surface area contributed by atoms with Crippen LogP contribution >= 0.6 is 0 Å². The predicted molar refractivity (Wildman–Crippen MR) is 46.8 cm³/mol. The van der Waals surface area contributed by atoms with Gasteiger partial charge in [0.25, 0.3) is 0 Å². The fourth-order valence-corrected chi connectivity index (χ4v) is 1.10. The van der Waals surface area contributed by atoms with Gasteiger partial charge < -0.3 is 4.89 Å². The molecule has 4 nitrogen and oxygen atoms in total. The van der Waals surface area contributed by atoms with Crippen molar-refractivity contribution < 1.29 is 10.1 Å². The minimum atomic E-state index is 0.396. The molecule has 0 aliphatic heterocycles. The Morgan fingerprint density at radius 3 is 2.92 bits per heavy atom. The van der Waals surface area contributed by atoms with Crippen LogP contribution in [0.5, 0.6) is 5.75 Å². The Morgan fingerprint density at radius 1 is 1.31 bits per heavy atom. The second kappa shape index (κ2) is 3.28. The van der Waals surface area contributed by atoms with Gasteiger partial charge in [0.15, 0.2) is 5.75 Å². The summed E-state index contributed by atoms with van der Waals surface area (Å²) in [4.78, 5) is 4.11. The van der Waals surface area contributed by atoms with Gasteiger partial charge in [-0.3, -0.25) is 0 Å². The van der Waals surface area contributed by atoms with Crippen molar-refractivity contribution in [3.8, 4) is 11.4 Å². The molecule has 2 aromatic rings. The molecule has 13 heavy (non-hydrogen) atoms. The molecule has 0 aliphatic rings. The summed E-state index contributed by atoms with van der Waals surface area (Å²) < 4.78 is 1.68. The van der Waals surface area contributed by atoms with Gasteiger partial charge in [0.2, 0.25) is 0 Å². The fraction of sp³-hybridized carbons (Fsp3) is 0. The maximum Gasteiger partial charge on any atom is 0.167 e. The van der Waals surface area contributed by atoms with Crippen molar-refractivity contribution >= 4 is 0 Å². The lowest BCUT2D eigenvalue weighted by Crippen LogP contribution is -1.94. The van der Waals surface area contributed by atoms with E-state index in [1.807, 2.05) is 18.3 Å². The molecule has 4 heteroatoms. The van der Waals surface area contributed by atoms with Crippen LogP contribution in [0.4, 0.5) is 0 Å². The molecular weight excluding hydrogens is 168 g/mol. The zero-order valence-electron chi connectivity index (χ0n) is 6.79. The van der Waals surface area contributed by atoms with Gasteiger partial charge in [0, 0.05) is 18.5 Å². The van der Waals surface area contributed by atoms with Crippen molar-refractivity contribution in [3.63, 3.8) is 0 Å². The molecule has 0 amide bonds. The van der Waals surface area contributed by atoms with E-state index in [0.717, 1.165) is 5.69 Å². The summed E-state index contributed by atoms with van der Waals surface area (Å²) in [6.07, 6.45) is 3.50. The van der Waals surface area contributed by atoms with Gasteiger partial charge in [-0.1, -0.05) is 6.07 Å². The van der Waals surface area contributed by atoms with Crippen molar-refractivity contribution in [2.45, 2.75) is 0 Å². The number of nitrogens with zero attached hydrogens (tertiary/aromatic N) is 2. The average molecular weight is 176 g/mol. The molecule has 0 bridgehead atoms. The Labute approximate surface area is 74.9 Å². The van der Waals surface area contributed by atoms with Gasteiger partial charge in [-0.05, 0) is 18.2 Å². The second-order valence-corrected chi connectivity index (χ2v) is 2.54. The third-order valence-electron chi connectivity index (χ3n) is 1.69. The van der Waals surface area contributed by atoms with Gasteiger partial charge in [-0.25, -0.2) is 9.94 Å².